The van der Waals surface area contributed by atoms with E-state index in [-0.39, 0.29) is 10.8 Å². The van der Waals surface area contributed by atoms with Gasteiger partial charge in [0, 0.05) is 11.4 Å². The molecule has 0 unspecified atom stereocenters. The van der Waals surface area contributed by atoms with Crippen molar-refractivity contribution in [2.75, 3.05) is 5.32 Å². The number of anilines is 1. The van der Waals surface area contributed by atoms with E-state index in [2.05, 4.69) is 10.3 Å². The van der Waals surface area contributed by atoms with Crippen LogP contribution >= 0.6 is 23.4 Å². The Morgan fingerprint density at radius 2 is 1.69 bits per heavy atom. The summed E-state index contributed by atoms with van der Waals surface area (Å²) < 4.78 is 26.5. The maximum atomic E-state index is 13.4. The molecule has 1 N–H and O–H groups in total. The number of nitrogens with zero attached hydrogens (tertiary/aromatic N) is 1. The van der Waals surface area contributed by atoms with Crippen LogP contribution in [0.15, 0.2) is 77.8 Å². The Labute approximate surface area is 159 Å². The lowest BCUT2D eigenvalue weighted by molar-refractivity contribution is 0.628. The molecule has 3 rings (SSSR count). The highest BCUT2D eigenvalue weighted by molar-refractivity contribution is 8.13. The zero-order chi connectivity index (χ0) is 18.4. The second kappa shape index (κ2) is 8.83. The fraction of sp³-hybridized carbons (Fsp3) is 0.0500. The number of thioether (sulfide) groups is 1. The van der Waals surface area contributed by atoms with Crippen molar-refractivity contribution in [1.29, 1.82) is 0 Å². The van der Waals surface area contributed by atoms with Gasteiger partial charge in [-0.25, -0.2) is 13.8 Å². The third-order valence-electron chi connectivity index (χ3n) is 3.45. The molecule has 3 aromatic rings. The van der Waals surface area contributed by atoms with E-state index in [1.807, 2.05) is 30.3 Å². The van der Waals surface area contributed by atoms with E-state index in [1.54, 1.807) is 18.2 Å². The van der Waals surface area contributed by atoms with Gasteiger partial charge in [-0.1, -0.05) is 53.7 Å². The smallest absolute Gasteiger partial charge is 0.166 e. The molecule has 0 saturated heterocycles. The van der Waals surface area contributed by atoms with Gasteiger partial charge in [-0.15, -0.1) is 0 Å². The van der Waals surface area contributed by atoms with E-state index in [0.717, 1.165) is 5.56 Å². The van der Waals surface area contributed by atoms with Gasteiger partial charge < -0.3 is 5.32 Å². The lowest BCUT2D eigenvalue weighted by atomic mass is 10.2. The van der Waals surface area contributed by atoms with Crippen LogP contribution in [0.1, 0.15) is 5.56 Å². The van der Waals surface area contributed by atoms with Gasteiger partial charge in [-0.05, 0) is 48.0 Å². The Morgan fingerprint density at radius 3 is 2.38 bits per heavy atom. The van der Waals surface area contributed by atoms with Crippen molar-refractivity contribution in [2.45, 2.75) is 5.75 Å². The molecule has 0 aliphatic heterocycles. The Morgan fingerprint density at radius 1 is 0.962 bits per heavy atom. The quantitative estimate of drug-likeness (QED) is 0.399. The topological polar surface area (TPSA) is 24.4 Å². The molecule has 26 heavy (non-hydrogen) atoms. The molecule has 2 nitrogen and oxygen atoms in total. The fourth-order valence-electron chi connectivity index (χ4n) is 2.15. The van der Waals surface area contributed by atoms with Crippen molar-refractivity contribution in [3.63, 3.8) is 0 Å². The predicted molar refractivity (Wildman–Crippen MR) is 106 cm³/mol. The second-order valence-electron chi connectivity index (χ2n) is 5.42. The van der Waals surface area contributed by atoms with E-state index < -0.39 is 5.82 Å². The first-order chi connectivity index (χ1) is 12.6. The summed E-state index contributed by atoms with van der Waals surface area (Å²) in [5.74, 6) is -0.102. The summed E-state index contributed by atoms with van der Waals surface area (Å²) in [4.78, 5) is 4.53. The number of benzene rings is 3. The zero-order valence-corrected chi connectivity index (χ0v) is 15.2. The molecule has 0 amide bonds. The van der Waals surface area contributed by atoms with Gasteiger partial charge in [0.15, 0.2) is 5.17 Å². The van der Waals surface area contributed by atoms with Gasteiger partial charge in [0.05, 0.1) is 10.7 Å². The highest BCUT2D eigenvalue weighted by atomic mass is 35.5. The van der Waals surface area contributed by atoms with Crippen LogP contribution in [0, 0.1) is 11.6 Å². The molecule has 0 heterocycles. The largest absolute Gasteiger partial charge is 0.335 e. The predicted octanol–water partition coefficient (Wildman–Crippen LogP) is 6.65. The van der Waals surface area contributed by atoms with Crippen LogP contribution in [0.5, 0.6) is 0 Å². The number of hydrogen-bond donors (Lipinski definition) is 1. The monoisotopic (exact) mass is 388 g/mol. The molecule has 0 saturated carbocycles. The van der Waals surface area contributed by atoms with E-state index in [9.17, 15) is 8.78 Å². The number of nitrogens with one attached hydrogen (secondary N) is 1. The molecular formula is C20H15ClF2N2S. The maximum Gasteiger partial charge on any atom is 0.166 e. The molecule has 0 spiro atoms. The summed E-state index contributed by atoms with van der Waals surface area (Å²) in [6.07, 6.45) is 0. The summed E-state index contributed by atoms with van der Waals surface area (Å²) in [6, 6.07) is 20.2. The van der Waals surface area contributed by atoms with Crippen LogP contribution in [-0.2, 0) is 5.75 Å². The average molecular weight is 389 g/mol. The first-order valence-corrected chi connectivity index (χ1v) is 9.19. The fourth-order valence-corrected chi connectivity index (χ4v) is 3.19. The van der Waals surface area contributed by atoms with Gasteiger partial charge in [0.25, 0.3) is 0 Å². The normalized spacial score (nSPS) is 11.4. The summed E-state index contributed by atoms with van der Waals surface area (Å²) in [7, 11) is 0. The molecule has 132 valence electrons. The molecule has 0 aliphatic carbocycles. The Kier molecular flexibility index (Phi) is 6.26. The van der Waals surface area contributed by atoms with Crippen LogP contribution in [0.25, 0.3) is 0 Å². The van der Waals surface area contributed by atoms with E-state index in [1.165, 1.54) is 36.0 Å². The van der Waals surface area contributed by atoms with Crippen LogP contribution in [0.3, 0.4) is 0 Å². The molecule has 6 heteroatoms. The third-order valence-corrected chi connectivity index (χ3v) is 4.68. The lowest BCUT2D eigenvalue weighted by Gasteiger charge is -2.11. The van der Waals surface area contributed by atoms with E-state index in [4.69, 9.17) is 11.6 Å². The van der Waals surface area contributed by atoms with Crippen molar-refractivity contribution in [2.24, 2.45) is 4.99 Å². The third kappa shape index (κ3) is 5.31. The highest BCUT2D eigenvalue weighted by Gasteiger charge is 2.06. The van der Waals surface area contributed by atoms with Gasteiger partial charge >= 0.3 is 0 Å². The summed E-state index contributed by atoms with van der Waals surface area (Å²) in [6.45, 7) is 0. The SMILES string of the molecule is Fc1ccc(N=C(Nc2ccc(F)c(Cl)c2)SCc2ccccc2)cc1. The van der Waals surface area contributed by atoms with Crippen LogP contribution in [-0.4, -0.2) is 5.17 Å². The van der Waals surface area contributed by atoms with Crippen molar-refractivity contribution < 1.29 is 8.78 Å². The molecule has 0 fully saturated rings. The maximum absolute atomic E-state index is 13.4. The molecule has 0 radical (unpaired) electrons. The zero-order valence-electron chi connectivity index (χ0n) is 13.6. The minimum Gasteiger partial charge on any atom is -0.335 e. The van der Waals surface area contributed by atoms with Crippen molar-refractivity contribution in [1.82, 2.24) is 0 Å². The van der Waals surface area contributed by atoms with Gasteiger partial charge in [-0.2, -0.15) is 0 Å². The Balaban J connectivity index is 1.82. The van der Waals surface area contributed by atoms with E-state index in [0.29, 0.717) is 22.3 Å². The first-order valence-electron chi connectivity index (χ1n) is 7.83. The molecule has 0 aromatic heterocycles. The first kappa shape index (κ1) is 18.4. The number of halogens is 3. The average Bonchev–Trinajstić information content (AvgIpc) is 2.65. The number of aliphatic imine (C=N–C) groups is 1. The number of amidine groups is 1. The molecule has 0 bridgehead atoms. The summed E-state index contributed by atoms with van der Waals surface area (Å²) in [5.41, 5.74) is 2.38. The van der Waals surface area contributed by atoms with Gasteiger partial charge in [-0.3, -0.25) is 0 Å². The van der Waals surface area contributed by atoms with Crippen molar-refractivity contribution in [3.8, 4) is 0 Å². The van der Waals surface area contributed by atoms with E-state index >= 15 is 0 Å². The van der Waals surface area contributed by atoms with Crippen LogP contribution in [0.4, 0.5) is 20.2 Å². The van der Waals surface area contributed by atoms with Gasteiger partial charge in [0.1, 0.15) is 11.6 Å². The highest BCUT2D eigenvalue weighted by Crippen LogP contribution is 2.24. The van der Waals surface area contributed by atoms with Crippen molar-refractivity contribution in [3.05, 3.63) is 95.0 Å². The Hall–Kier alpha value is -2.37. The summed E-state index contributed by atoms with van der Waals surface area (Å²) >= 11 is 7.33. The Bertz CT molecular complexity index is 899. The number of rotatable bonds is 4. The van der Waals surface area contributed by atoms with Gasteiger partial charge in [0.2, 0.25) is 0 Å². The summed E-state index contributed by atoms with van der Waals surface area (Å²) in [5, 5.41) is 3.78. The van der Waals surface area contributed by atoms with Crippen LogP contribution in [0.2, 0.25) is 5.02 Å². The minimum atomic E-state index is -0.480. The number of hydrogen-bond acceptors (Lipinski definition) is 2. The van der Waals surface area contributed by atoms with Crippen LogP contribution < -0.4 is 5.32 Å². The van der Waals surface area contributed by atoms with Crippen molar-refractivity contribution >= 4 is 39.9 Å². The standard InChI is InChI=1S/C20H15ClF2N2S/c21-18-12-17(10-11-19(18)23)25-20(24-16-8-6-15(22)7-9-16)26-13-14-4-2-1-3-5-14/h1-12H,13H2,(H,24,25). The lowest BCUT2D eigenvalue weighted by Crippen LogP contribution is -2.08. The molecule has 0 aliphatic rings. The minimum absolute atomic E-state index is 0.0317. The molecule has 3 aromatic carbocycles. The molecular weight excluding hydrogens is 374 g/mol. The second-order valence-corrected chi connectivity index (χ2v) is 6.79. The molecule has 0 atom stereocenters.